The summed E-state index contributed by atoms with van der Waals surface area (Å²) in [5.74, 6) is 4.29. The first-order chi connectivity index (χ1) is 20.9. The number of methoxy groups -OCH3 is 3. The normalized spacial score (nSPS) is 10.9. The quantitative estimate of drug-likeness (QED) is 0.201. The molecule has 0 atom stereocenters. The maximum absolute atomic E-state index is 12.1. The van der Waals surface area contributed by atoms with E-state index in [4.69, 9.17) is 14.2 Å². The molecule has 0 saturated heterocycles. The topological polar surface area (TPSA) is 96.9 Å². The maximum Gasteiger partial charge on any atom is 3.00 e. The molecule has 0 aliphatic heterocycles. The van der Waals surface area contributed by atoms with Gasteiger partial charge in [-0.05, 0) is 105 Å². The Morgan fingerprint density at radius 3 is 0.565 bits per heavy atom. The number of ether oxygens (including phenoxy) is 3. The summed E-state index contributed by atoms with van der Waals surface area (Å²) in [6.07, 6.45) is 0. The van der Waals surface area contributed by atoms with Crippen molar-refractivity contribution in [3.63, 3.8) is 0 Å². The molecule has 0 aliphatic rings. The Morgan fingerprint density at radius 2 is 0.478 bits per heavy atom. The number of hydrogen-bond donors (Lipinski definition) is 0. The molecular weight excluding hydrogens is 773 g/mol. The average Bonchev–Trinajstić information content (AvgIpc) is 2.97. The molecule has 46 heavy (non-hydrogen) atoms. The van der Waals surface area contributed by atoms with Crippen molar-refractivity contribution in [2.75, 3.05) is 21.3 Å². The largest absolute Gasteiger partial charge is 3.00 e. The molecule has 3 rings (SSSR count). The van der Waals surface area contributed by atoms with Crippen LogP contribution in [0.3, 0.4) is 0 Å². The van der Waals surface area contributed by atoms with E-state index in [1.807, 2.05) is 119 Å². The molecule has 6 nitrogen and oxygen atoms in total. The summed E-state index contributed by atoms with van der Waals surface area (Å²) in [6, 6.07) is 11.1. The molecule has 0 spiro atoms. The van der Waals surface area contributed by atoms with Crippen LogP contribution < -0.4 is 29.5 Å². The number of rotatable bonds is 9. The van der Waals surface area contributed by atoms with Crippen molar-refractivity contribution in [1.82, 2.24) is 0 Å². The van der Waals surface area contributed by atoms with Crippen molar-refractivity contribution in [3.05, 3.63) is 69.8 Å². The van der Waals surface area contributed by atoms with E-state index in [0.717, 1.165) is 50.6 Å². The van der Waals surface area contributed by atoms with E-state index in [2.05, 4.69) is 0 Å². The molecule has 0 N–H and O–H groups in total. The fourth-order valence-electron chi connectivity index (χ4n) is 4.86. The van der Waals surface area contributed by atoms with Crippen LogP contribution in [0.2, 0.25) is 0 Å². The first-order valence-electron chi connectivity index (χ1n) is 16.1. The summed E-state index contributed by atoms with van der Waals surface area (Å²) >= 11 is 0. The van der Waals surface area contributed by atoms with Crippen molar-refractivity contribution >= 4 is 26.2 Å². The van der Waals surface area contributed by atoms with Gasteiger partial charge in [0.1, 0.15) is 17.2 Å². The Labute approximate surface area is 298 Å². The monoisotopic (exact) mass is 830 g/mol. The summed E-state index contributed by atoms with van der Waals surface area (Å²) in [5.41, 5.74) is 5.07. The standard InChI is InChI=1S/3C13H20O2.Bi/c3*1-8(2)11-6-10(15-5)7-12(9(3)4)13(11)14;/h3*6-9,14H,1-5H3;/q;;;+3/p-3. The first-order valence-corrected chi connectivity index (χ1v) is 16.1. The van der Waals surface area contributed by atoms with E-state index in [9.17, 15) is 15.3 Å². The van der Waals surface area contributed by atoms with Gasteiger partial charge in [-0.15, -0.1) is 17.2 Å². The molecule has 2 radical (unpaired) electrons. The Hall–Kier alpha value is -2.66. The first kappa shape index (κ1) is 43.3. The molecule has 0 aromatic heterocycles. The van der Waals surface area contributed by atoms with Crippen LogP contribution in [-0.2, 0) is 0 Å². The van der Waals surface area contributed by atoms with Crippen LogP contribution >= 0.6 is 0 Å². The van der Waals surface area contributed by atoms with Gasteiger partial charge in [-0.1, -0.05) is 83.1 Å². The summed E-state index contributed by atoms with van der Waals surface area (Å²) in [4.78, 5) is 0. The van der Waals surface area contributed by atoms with Crippen molar-refractivity contribution in [3.8, 4) is 34.5 Å². The van der Waals surface area contributed by atoms with Crippen molar-refractivity contribution in [2.24, 2.45) is 0 Å². The van der Waals surface area contributed by atoms with Crippen LogP contribution in [0, 0.1) is 0 Å². The van der Waals surface area contributed by atoms with E-state index < -0.39 is 0 Å². The molecule has 3 aromatic carbocycles. The van der Waals surface area contributed by atoms with Crippen LogP contribution in [-0.4, -0.2) is 47.5 Å². The number of benzene rings is 3. The molecule has 0 bridgehead atoms. The van der Waals surface area contributed by atoms with Gasteiger partial charge in [-0.2, -0.15) is 0 Å². The van der Waals surface area contributed by atoms with Crippen molar-refractivity contribution in [1.29, 1.82) is 0 Å². The van der Waals surface area contributed by atoms with Crippen LogP contribution in [0.1, 0.15) is 152 Å². The third-order valence-electron chi connectivity index (χ3n) is 7.80. The fraction of sp³-hybridized carbons (Fsp3) is 0.538. The van der Waals surface area contributed by atoms with Gasteiger partial charge in [0.05, 0.1) is 21.3 Å². The van der Waals surface area contributed by atoms with Gasteiger partial charge in [0.2, 0.25) is 0 Å². The molecule has 254 valence electrons. The van der Waals surface area contributed by atoms with Crippen LogP contribution in [0.15, 0.2) is 36.4 Å². The van der Waals surface area contributed by atoms with Crippen molar-refractivity contribution in [2.45, 2.75) is 119 Å². The zero-order valence-corrected chi connectivity index (χ0v) is 34.3. The van der Waals surface area contributed by atoms with E-state index in [0.29, 0.717) is 0 Å². The van der Waals surface area contributed by atoms with Gasteiger partial charge in [0.15, 0.2) is 0 Å². The van der Waals surface area contributed by atoms with E-state index >= 15 is 0 Å². The second kappa shape index (κ2) is 19.9. The summed E-state index contributed by atoms with van der Waals surface area (Å²) in [7, 11) is 4.90. The van der Waals surface area contributed by atoms with Gasteiger partial charge in [-0.25, -0.2) is 0 Å². The van der Waals surface area contributed by atoms with Gasteiger partial charge >= 0.3 is 26.2 Å². The van der Waals surface area contributed by atoms with E-state index in [-0.39, 0.29) is 79.0 Å². The molecule has 0 saturated carbocycles. The second-order valence-electron chi connectivity index (χ2n) is 13.3. The molecular formula is C39H57BiO6. The molecule has 7 heteroatoms. The zero-order chi connectivity index (χ0) is 34.8. The molecule has 3 aromatic rings. The van der Waals surface area contributed by atoms with Crippen LogP contribution in [0.5, 0.6) is 34.5 Å². The third-order valence-corrected chi connectivity index (χ3v) is 7.80. The molecule has 0 unspecified atom stereocenters. The Bertz CT molecular complexity index is 1110. The second-order valence-corrected chi connectivity index (χ2v) is 13.3. The van der Waals surface area contributed by atoms with Crippen molar-refractivity contribution < 1.29 is 29.5 Å². The zero-order valence-electron chi connectivity index (χ0n) is 30.8. The summed E-state index contributed by atoms with van der Waals surface area (Å²) in [6.45, 7) is 24.3. The summed E-state index contributed by atoms with van der Waals surface area (Å²) in [5, 5.41) is 36.2. The minimum absolute atomic E-state index is 0. The minimum atomic E-state index is 0. The fourth-order valence-corrected chi connectivity index (χ4v) is 4.86. The summed E-state index contributed by atoms with van der Waals surface area (Å²) < 4.78 is 15.6. The van der Waals surface area contributed by atoms with Gasteiger partial charge in [0.25, 0.3) is 0 Å². The van der Waals surface area contributed by atoms with Gasteiger partial charge in [0, 0.05) is 0 Å². The predicted octanol–water partition coefficient (Wildman–Crippen LogP) is 8.67. The third kappa shape index (κ3) is 11.9. The SMILES string of the molecule is COc1cc(C(C)C)c([O-])c(C(C)C)c1.COc1cc(C(C)C)c([O-])c(C(C)C)c1.COc1cc(C(C)C)c([O-])c(C(C)C)c1.[Bi+3]. The Kier molecular flexibility index (Phi) is 18.7. The van der Waals surface area contributed by atoms with Crippen LogP contribution in [0.4, 0.5) is 0 Å². The molecule has 0 aliphatic carbocycles. The van der Waals surface area contributed by atoms with Gasteiger partial charge in [-0.3, -0.25) is 0 Å². The van der Waals surface area contributed by atoms with Crippen LogP contribution in [0.25, 0.3) is 0 Å². The maximum atomic E-state index is 12.1. The molecule has 0 amide bonds. The molecule has 0 fully saturated rings. The van der Waals surface area contributed by atoms with E-state index in [1.165, 1.54) is 0 Å². The Morgan fingerprint density at radius 1 is 0.348 bits per heavy atom. The van der Waals surface area contributed by atoms with Gasteiger partial charge < -0.3 is 29.5 Å². The Balaban J connectivity index is 0.000000653. The predicted molar refractivity (Wildman–Crippen MR) is 188 cm³/mol. The number of hydrogen-bond acceptors (Lipinski definition) is 6. The van der Waals surface area contributed by atoms with E-state index in [1.54, 1.807) is 21.3 Å². The molecule has 0 heterocycles. The average molecular weight is 831 g/mol. The minimum Gasteiger partial charge on any atom is -0.872 e. The smallest absolute Gasteiger partial charge is 0.872 e.